The zero-order valence-electron chi connectivity index (χ0n) is 14.4. The van der Waals surface area contributed by atoms with E-state index >= 15 is 0 Å². The quantitative estimate of drug-likeness (QED) is 0.435. The summed E-state index contributed by atoms with van der Waals surface area (Å²) in [6.07, 6.45) is 29.2. The molecule has 4 aliphatic rings. The first-order chi connectivity index (χ1) is 10.3. The smallest absolute Gasteiger partial charge is 0.0297 e. The lowest BCUT2D eigenvalue weighted by molar-refractivity contribution is 0.161. The van der Waals surface area contributed by atoms with Gasteiger partial charge in [-0.1, -0.05) is 70.6 Å². The van der Waals surface area contributed by atoms with Crippen molar-refractivity contribution >= 4 is 0 Å². The Kier molecular flexibility index (Phi) is 5.68. The second-order valence-corrected chi connectivity index (χ2v) is 8.89. The van der Waals surface area contributed by atoms with E-state index in [0.717, 1.165) is 10.8 Å². The SMILES string of the molecule is C1CCCC2(CC1)CC2.C1CCCC2(CC1)CCCCC2. The van der Waals surface area contributed by atoms with Gasteiger partial charge in [-0.25, -0.2) is 0 Å². The maximum atomic E-state index is 1.56. The molecular formula is C21H38. The monoisotopic (exact) mass is 290 g/mol. The van der Waals surface area contributed by atoms with Crippen LogP contribution < -0.4 is 0 Å². The average molecular weight is 291 g/mol. The highest BCUT2D eigenvalue weighted by atomic mass is 14.5. The molecule has 0 aromatic rings. The van der Waals surface area contributed by atoms with Gasteiger partial charge in [0.1, 0.15) is 0 Å². The molecule has 0 aromatic heterocycles. The van der Waals surface area contributed by atoms with Crippen molar-refractivity contribution in [2.24, 2.45) is 10.8 Å². The minimum Gasteiger partial charge on any atom is -0.0533 e. The molecule has 0 aliphatic heterocycles. The minimum atomic E-state index is 0.842. The van der Waals surface area contributed by atoms with E-state index in [4.69, 9.17) is 0 Å². The zero-order valence-corrected chi connectivity index (χ0v) is 14.4. The van der Waals surface area contributed by atoms with Crippen molar-refractivity contribution in [2.75, 3.05) is 0 Å². The molecule has 2 spiro atoms. The van der Waals surface area contributed by atoms with Gasteiger partial charge >= 0.3 is 0 Å². The van der Waals surface area contributed by atoms with Crippen LogP contribution in [0.3, 0.4) is 0 Å². The molecule has 4 rings (SSSR count). The van der Waals surface area contributed by atoms with Gasteiger partial charge in [-0.05, 0) is 62.2 Å². The predicted octanol–water partition coefficient (Wildman–Crippen LogP) is 7.41. The van der Waals surface area contributed by atoms with E-state index in [1.54, 1.807) is 51.4 Å². The molecular weight excluding hydrogens is 252 g/mol. The van der Waals surface area contributed by atoms with Gasteiger partial charge in [-0.15, -0.1) is 0 Å². The maximum Gasteiger partial charge on any atom is -0.0297 e. The summed E-state index contributed by atoms with van der Waals surface area (Å²) in [6.45, 7) is 0. The molecule has 0 saturated heterocycles. The van der Waals surface area contributed by atoms with Crippen LogP contribution in [0.2, 0.25) is 0 Å². The fourth-order valence-electron chi connectivity index (χ4n) is 5.44. The molecule has 0 N–H and O–H groups in total. The largest absolute Gasteiger partial charge is 0.0533 e. The number of hydrogen-bond acceptors (Lipinski definition) is 0. The Labute approximate surface area is 133 Å². The molecule has 0 amide bonds. The normalized spacial score (nSPS) is 30.9. The molecule has 21 heavy (non-hydrogen) atoms. The Morgan fingerprint density at radius 3 is 0.762 bits per heavy atom. The summed E-state index contributed by atoms with van der Waals surface area (Å²) in [5, 5.41) is 0. The van der Waals surface area contributed by atoms with Gasteiger partial charge in [0.15, 0.2) is 0 Å². The van der Waals surface area contributed by atoms with Crippen LogP contribution in [0.5, 0.6) is 0 Å². The fraction of sp³-hybridized carbons (Fsp3) is 1.00. The summed E-state index contributed by atoms with van der Waals surface area (Å²) < 4.78 is 0. The van der Waals surface area contributed by atoms with Gasteiger partial charge in [-0.2, -0.15) is 0 Å². The Bertz CT molecular complexity index is 273. The molecule has 0 aromatic carbocycles. The van der Waals surface area contributed by atoms with Crippen molar-refractivity contribution in [3.05, 3.63) is 0 Å². The van der Waals surface area contributed by atoms with Crippen LogP contribution in [-0.4, -0.2) is 0 Å². The molecule has 0 heterocycles. The van der Waals surface area contributed by atoms with Crippen LogP contribution in [0.15, 0.2) is 0 Å². The average Bonchev–Trinajstić information content (AvgIpc) is 3.33. The van der Waals surface area contributed by atoms with Crippen LogP contribution >= 0.6 is 0 Å². The third kappa shape index (κ3) is 4.73. The summed E-state index contributed by atoms with van der Waals surface area (Å²) in [7, 11) is 0. The number of rotatable bonds is 0. The highest BCUT2D eigenvalue weighted by Crippen LogP contribution is 2.55. The van der Waals surface area contributed by atoms with Crippen molar-refractivity contribution in [3.63, 3.8) is 0 Å². The van der Waals surface area contributed by atoms with Crippen LogP contribution in [0, 0.1) is 10.8 Å². The standard InChI is InChI=1S/C12H22.C9H16/c1-2-5-9-12(8-4-1)10-6-3-7-11-12;1-2-4-6-9(5-3-1)7-8-9/h1-11H2;1-8H2. The van der Waals surface area contributed by atoms with E-state index in [-0.39, 0.29) is 0 Å². The highest BCUT2D eigenvalue weighted by Gasteiger charge is 2.41. The maximum absolute atomic E-state index is 1.56. The second-order valence-electron chi connectivity index (χ2n) is 8.89. The number of hydrogen-bond donors (Lipinski definition) is 0. The molecule has 4 fully saturated rings. The van der Waals surface area contributed by atoms with E-state index in [9.17, 15) is 0 Å². The Balaban J connectivity index is 0.000000131. The van der Waals surface area contributed by atoms with E-state index in [0.29, 0.717) is 0 Å². The van der Waals surface area contributed by atoms with Crippen LogP contribution in [0.25, 0.3) is 0 Å². The Hall–Kier alpha value is 0. The van der Waals surface area contributed by atoms with Crippen LogP contribution in [-0.2, 0) is 0 Å². The summed E-state index contributed by atoms with van der Waals surface area (Å²) >= 11 is 0. The minimum absolute atomic E-state index is 0.842. The molecule has 122 valence electrons. The molecule has 0 heteroatoms. The topological polar surface area (TPSA) is 0 Å². The lowest BCUT2D eigenvalue weighted by atomic mass is 9.69. The van der Waals surface area contributed by atoms with Gasteiger partial charge in [0, 0.05) is 0 Å². The lowest BCUT2D eigenvalue weighted by Gasteiger charge is -2.36. The van der Waals surface area contributed by atoms with Crippen molar-refractivity contribution in [2.45, 2.75) is 122 Å². The van der Waals surface area contributed by atoms with Crippen LogP contribution in [0.1, 0.15) is 122 Å². The fourth-order valence-corrected chi connectivity index (χ4v) is 5.44. The summed E-state index contributed by atoms with van der Waals surface area (Å²) in [4.78, 5) is 0. The van der Waals surface area contributed by atoms with E-state index in [2.05, 4.69) is 0 Å². The summed E-state index contributed by atoms with van der Waals surface area (Å²) in [5.74, 6) is 0. The summed E-state index contributed by atoms with van der Waals surface area (Å²) in [6, 6.07) is 0. The first-order valence-corrected chi connectivity index (χ1v) is 10.3. The highest BCUT2D eigenvalue weighted by molar-refractivity contribution is 4.93. The predicted molar refractivity (Wildman–Crippen MR) is 92.6 cm³/mol. The molecule has 0 nitrogen and oxygen atoms in total. The van der Waals surface area contributed by atoms with Crippen molar-refractivity contribution < 1.29 is 0 Å². The van der Waals surface area contributed by atoms with Crippen molar-refractivity contribution in [1.82, 2.24) is 0 Å². The molecule has 0 bridgehead atoms. The van der Waals surface area contributed by atoms with Gasteiger partial charge < -0.3 is 0 Å². The third-order valence-electron chi connectivity index (χ3n) is 7.20. The van der Waals surface area contributed by atoms with E-state index in [1.807, 2.05) is 0 Å². The first-order valence-electron chi connectivity index (χ1n) is 10.3. The third-order valence-corrected chi connectivity index (χ3v) is 7.20. The molecule has 4 saturated carbocycles. The summed E-state index contributed by atoms with van der Waals surface area (Å²) in [5.41, 5.74) is 1.76. The second kappa shape index (κ2) is 7.51. The first kappa shape index (κ1) is 15.9. The van der Waals surface area contributed by atoms with Crippen LogP contribution in [0.4, 0.5) is 0 Å². The Morgan fingerprint density at radius 1 is 0.238 bits per heavy atom. The van der Waals surface area contributed by atoms with Gasteiger partial charge in [0.2, 0.25) is 0 Å². The molecule has 0 radical (unpaired) electrons. The van der Waals surface area contributed by atoms with Gasteiger partial charge in [0.05, 0.1) is 0 Å². The molecule has 4 aliphatic carbocycles. The lowest BCUT2D eigenvalue weighted by Crippen LogP contribution is -2.22. The van der Waals surface area contributed by atoms with Crippen molar-refractivity contribution in [3.8, 4) is 0 Å². The molecule has 0 unspecified atom stereocenters. The Morgan fingerprint density at radius 2 is 0.476 bits per heavy atom. The van der Waals surface area contributed by atoms with E-state index in [1.165, 1.54) is 70.6 Å². The van der Waals surface area contributed by atoms with E-state index < -0.39 is 0 Å². The van der Waals surface area contributed by atoms with Crippen molar-refractivity contribution in [1.29, 1.82) is 0 Å². The zero-order chi connectivity index (χ0) is 14.4. The van der Waals surface area contributed by atoms with Gasteiger partial charge in [0.25, 0.3) is 0 Å². The van der Waals surface area contributed by atoms with Gasteiger partial charge in [-0.3, -0.25) is 0 Å². The molecule has 0 atom stereocenters.